The highest BCUT2D eigenvalue weighted by atomic mass is 127. The molecule has 4 rings (SSSR count). The molecule has 158 valence electrons. The number of pyridine rings is 1. The average molecular weight is 517 g/mol. The molecule has 1 saturated heterocycles. The third-order valence-corrected chi connectivity index (χ3v) is 5.38. The lowest BCUT2D eigenvalue weighted by molar-refractivity contribution is 0.371. The Bertz CT molecular complexity index is 996. The number of piperazine rings is 1. The molecule has 2 heterocycles. The quantitative estimate of drug-likeness (QED) is 0.325. The monoisotopic (exact) mass is 517 g/mol. The Morgan fingerprint density at radius 3 is 2.63 bits per heavy atom. The number of hydrogen-bond acceptors (Lipinski definition) is 4. The molecule has 0 amide bonds. The number of ether oxygens (including phenoxy) is 1. The molecule has 0 unspecified atom stereocenters. The van der Waals surface area contributed by atoms with Gasteiger partial charge in [-0.25, -0.2) is 0 Å². The maximum atomic E-state index is 5.35. The van der Waals surface area contributed by atoms with Gasteiger partial charge in [-0.05, 0) is 23.6 Å². The second kappa shape index (κ2) is 10.5. The summed E-state index contributed by atoms with van der Waals surface area (Å²) in [6.45, 7) is 4.38. The van der Waals surface area contributed by atoms with Crippen molar-refractivity contribution in [3.8, 4) is 5.75 Å². The number of benzene rings is 2. The largest absolute Gasteiger partial charge is 0.497 e. The third-order valence-electron chi connectivity index (χ3n) is 5.38. The molecule has 6 nitrogen and oxygen atoms in total. The lowest BCUT2D eigenvalue weighted by Crippen LogP contribution is -2.52. The van der Waals surface area contributed by atoms with Crippen LogP contribution >= 0.6 is 24.0 Å². The number of methoxy groups -OCH3 is 1. The fourth-order valence-corrected chi connectivity index (χ4v) is 3.80. The van der Waals surface area contributed by atoms with Crippen molar-refractivity contribution in [1.82, 2.24) is 15.2 Å². The van der Waals surface area contributed by atoms with Crippen LogP contribution in [-0.2, 0) is 6.54 Å². The first kappa shape index (κ1) is 22.1. The van der Waals surface area contributed by atoms with Gasteiger partial charge in [-0.1, -0.05) is 30.3 Å². The highest BCUT2D eigenvalue weighted by Gasteiger charge is 2.20. The minimum Gasteiger partial charge on any atom is -0.497 e. The van der Waals surface area contributed by atoms with Gasteiger partial charge in [-0.15, -0.1) is 24.0 Å². The zero-order valence-electron chi connectivity index (χ0n) is 17.4. The van der Waals surface area contributed by atoms with E-state index in [1.54, 1.807) is 7.11 Å². The third kappa shape index (κ3) is 4.95. The summed E-state index contributed by atoms with van der Waals surface area (Å²) in [6, 6.07) is 18.6. The fourth-order valence-electron chi connectivity index (χ4n) is 3.80. The summed E-state index contributed by atoms with van der Waals surface area (Å²) in [6.07, 6.45) is 1.87. The van der Waals surface area contributed by atoms with Crippen molar-refractivity contribution >= 4 is 46.4 Å². The Labute approximate surface area is 195 Å². The first-order valence-electron chi connectivity index (χ1n) is 9.95. The summed E-state index contributed by atoms with van der Waals surface area (Å²) < 4.78 is 5.35. The smallest absolute Gasteiger partial charge is 0.194 e. The average Bonchev–Trinajstić information content (AvgIpc) is 2.80. The summed E-state index contributed by atoms with van der Waals surface area (Å²) in [7, 11) is 3.55. The summed E-state index contributed by atoms with van der Waals surface area (Å²) >= 11 is 0. The zero-order chi connectivity index (χ0) is 20.1. The molecule has 1 aromatic heterocycles. The van der Waals surface area contributed by atoms with Gasteiger partial charge in [-0.2, -0.15) is 0 Å². The molecule has 3 aromatic rings. The summed E-state index contributed by atoms with van der Waals surface area (Å²) in [5.74, 6) is 1.81. The Hall–Kier alpha value is -2.55. The van der Waals surface area contributed by atoms with Crippen LogP contribution in [0.5, 0.6) is 5.75 Å². The first-order chi connectivity index (χ1) is 14.3. The van der Waals surface area contributed by atoms with Crippen LogP contribution in [0.3, 0.4) is 0 Å². The van der Waals surface area contributed by atoms with E-state index in [9.17, 15) is 0 Å². The van der Waals surface area contributed by atoms with E-state index in [1.165, 1.54) is 16.5 Å². The molecule has 0 atom stereocenters. The number of aliphatic imine (C=N–C) groups is 1. The van der Waals surface area contributed by atoms with Gasteiger partial charge in [0.2, 0.25) is 0 Å². The number of halogens is 1. The van der Waals surface area contributed by atoms with Gasteiger partial charge in [0.1, 0.15) is 5.75 Å². The Kier molecular flexibility index (Phi) is 7.73. The van der Waals surface area contributed by atoms with E-state index in [-0.39, 0.29) is 24.0 Å². The normalized spacial score (nSPS) is 14.4. The van der Waals surface area contributed by atoms with Crippen molar-refractivity contribution in [3.63, 3.8) is 0 Å². The van der Waals surface area contributed by atoms with E-state index in [1.807, 2.05) is 31.4 Å². The number of rotatable bonds is 4. The van der Waals surface area contributed by atoms with Crippen molar-refractivity contribution in [2.75, 3.05) is 45.2 Å². The number of aromatic nitrogens is 1. The van der Waals surface area contributed by atoms with Crippen LogP contribution in [0.1, 0.15) is 5.69 Å². The number of nitrogens with zero attached hydrogens (tertiary/aromatic N) is 4. The van der Waals surface area contributed by atoms with Crippen LogP contribution in [0.15, 0.2) is 65.8 Å². The minimum atomic E-state index is 0. The molecule has 1 N–H and O–H groups in total. The van der Waals surface area contributed by atoms with Crippen LogP contribution in [0, 0.1) is 0 Å². The first-order valence-corrected chi connectivity index (χ1v) is 9.95. The predicted octanol–water partition coefficient (Wildman–Crippen LogP) is 3.76. The van der Waals surface area contributed by atoms with Crippen molar-refractivity contribution in [2.24, 2.45) is 4.99 Å². The second-order valence-electron chi connectivity index (χ2n) is 7.06. The van der Waals surface area contributed by atoms with Gasteiger partial charge in [0.25, 0.3) is 0 Å². The topological polar surface area (TPSA) is 53.0 Å². The molecule has 1 fully saturated rings. The molecular weight excluding hydrogens is 489 g/mol. The standard InChI is InChI=1S/C23H27N5O.HI/c1-24-23(26-17-22-21-9-4-3-6-18(21)10-11-25-22)28-14-12-27(13-15-28)19-7-5-8-20(16-19)29-2;/h3-11,16H,12-15,17H2,1-2H3,(H,24,26);1H. The Morgan fingerprint density at radius 1 is 1.07 bits per heavy atom. The number of guanidine groups is 1. The SMILES string of the molecule is CN=C(NCc1nccc2ccccc12)N1CCN(c2cccc(OC)c2)CC1.I. The molecule has 0 bridgehead atoms. The van der Waals surface area contributed by atoms with E-state index in [0.717, 1.165) is 43.6 Å². The molecule has 0 saturated carbocycles. The van der Waals surface area contributed by atoms with Crippen molar-refractivity contribution in [1.29, 1.82) is 0 Å². The molecule has 0 aliphatic carbocycles. The molecule has 7 heteroatoms. The van der Waals surface area contributed by atoms with Crippen LogP contribution in [0.4, 0.5) is 5.69 Å². The molecule has 0 spiro atoms. The number of nitrogens with one attached hydrogen (secondary N) is 1. The van der Waals surface area contributed by atoms with E-state index >= 15 is 0 Å². The van der Waals surface area contributed by atoms with Gasteiger partial charge in [0, 0.05) is 56.6 Å². The number of hydrogen-bond donors (Lipinski definition) is 1. The lowest BCUT2D eigenvalue weighted by Gasteiger charge is -2.37. The van der Waals surface area contributed by atoms with E-state index in [2.05, 4.69) is 61.5 Å². The van der Waals surface area contributed by atoms with Gasteiger partial charge in [-0.3, -0.25) is 9.98 Å². The maximum absolute atomic E-state index is 5.35. The highest BCUT2D eigenvalue weighted by molar-refractivity contribution is 14.0. The number of fused-ring (bicyclic) bond motifs is 1. The van der Waals surface area contributed by atoms with E-state index in [4.69, 9.17) is 4.74 Å². The lowest BCUT2D eigenvalue weighted by atomic mass is 10.1. The predicted molar refractivity (Wildman–Crippen MR) is 134 cm³/mol. The molecule has 1 aliphatic rings. The van der Waals surface area contributed by atoms with E-state index in [0.29, 0.717) is 6.54 Å². The summed E-state index contributed by atoms with van der Waals surface area (Å²) in [5.41, 5.74) is 2.24. The van der Waals surface area contributed by atoms with Crippen molar-refractivity contribution < 1.29 is 4.74 Å². The van der Waals surface area contributed by atoms with Crippen LogP contribution in [0.2, 0.25) is 0 Å². The summed E-state index contributed by atoms with van der Waals surface area (Å²) in [4.78, 5) is 13.8. The van der Waals surface area contributed by atoms with Crippen LogP contribution in [-0.4, -0.2) is 56.2 Å². The van der Waals surface area contributed by atoms with Crippen LogP contribution < -0.4 is 15.0 Å². The summed E-state index contributed by atoms with van der Waals surface area (Å²) in [5, 5.41) is 5.89. The molecular formula is C23H28IN5O. The van der Waals surface area contributed by atoms with E-state index < -0.39 is 0 Å². The van der Waals surface area contributed by atoms with Crippen LogP contribution in [0.25, 0.3) is 10.8 Å². The van der Waals surface area contributed by atoms with Gasteiger partial charge >= 0.3 is 0 Å². The number of anilines is 1. The van der Waals surface area contributed by atoms with Gasteiger partial charge in [0.15, 0.2) is 5.96 Å². The Morgan fingerprint density at radius 2 is 1.87 bits per heavy atom. The second-order valence-corrected chi connectivity index (χ2v) is 7.06. The fraction of sp³-hybridized carbons (Fsp3) is 0.304. The molecule has 1 aliphatic heterocycles. The highest BCUT2D eigenvalue weighted by Crippen LogP contribution is 2.22. The van der Waals surface area contributed by atoms with Gasteiger partial charge < -0.3 is 19.9 Å². The van der Waals surface area contributed by atoms with Gasteiger partial charge in [0.05, 0.1) is 19.3 Å². The Balaban J connectivity index is 0.00000256. The molecule has 30 heavy (non-hydrogen) atoms. The minimum absolute atomic E-state index is 0. The van der Waals surface area contributed by atoms with Crippen molar-refractivity contribution in [3.05, 3.63) is 66.5 Å². The maximum Gasteiger partial charge on any atom is 0.194 e. The molecule has 2 aromatic carbocycles. The molecule has 0 radical (unpaired) electrons. The zero-order valence-corrected chi connectivity index (χ0v) is 19.7. The van der Waals surface area contributed by atoms with Crippen molar-refractivity contribution in [2.45, 2.75) is 6.54 Å².